The van der Waals surface area contributed by atoms with Gasteiger partial charge in [-0.3, -0.25) is 0 Å². The fourth-order valence-electron chi connectivity index (χ4n) is 3.91. The first-order valence-electron chi connectivity index (χ1n) is 9.45. The minimum Gasteiger partial charge on any atom is -0.453 e. The number of anilines is 3. The first kappa shape index (κ1) is 17.6. The zero-order valence-corrected chi connectivity index (χ0v) is 17.3. The molecule has 0 N–H and O–H groups in total. The lowest BCUT2D eigenvalue weighted by Gasteiger charge is -2.33. The molecule has 0 amide bonds. The third-order valence-electron chi connectivity index (χ3n) is 5.27. The van der Waals surface area contributed by atoms with E-state index in [0.717, 1.165) is 38.4 Å². The van der Waals surface area contributed by atoms with Crippen molar-refractivity contribution in [2.75, 3.05) is 4.90 Å². The van der Waals surface area contributed by atoms with Gasteiger partial charge in [-0.25, -0.2) is 8.42 Å². The molecule has 0 saturated heterocycles. The molecule has 4 nitrogen and oxygen atoms in total. The summed E-state index contributed by atoms with van der Waals surface area (Å²) >= 11 is 1.49. The first-order valence-corrected chi connectivity index (χ1v) is 11.7. The van der Waals surface area contributed by atoms with E-state index in [4.69, 9.17) is 4.74 Å². The molecule has 0 fully saturated rings. The molecule has 4 aromatic rings. The minimum atomic E-state index is -3.60. The second kappa shape index (κ2) is 6.39. The standard InChI is InChI=1S/C24H15NO3S2/c26-30(27)23-12-6-5-11-21(23)29-22-14-13-16(15-24(22)30)25-17-7-1-3-9-19(17)28-20-10-4-2-8-18(20)25/h1-15H. The van der Waals surface area contributed by atoms with Crippen molar-refractivity contribution in [1.82, 2.24) is 0 Å². The molecule has 0 saturated carbocycles. The van der Waals surface area contributed by atoms with Gasteiger partial charge in [-0.05, 0) is 54.6 Å². The highest BCUT2D eigenvalue weighted by atomic mass is 32.2. The van der Waals surface area contributed by atoms with Crippen LogP contribution in [0.4, 0.5) is 17.1 Å². The maximum Gasteiger partial charge on any atom is 0.208 e. The topological polar surface area (TPSA) is 46.6 Å². The Morgan fingerprint density at radius 3 is 2.00 bits per heavy atom. The van der Waals surface area contributed by atoms with Crippen LogP contribution in [0.3, 0.4) is 0 Å². The molecule has 30 heavy (non-hydrogen) atoms. The van der Waals surface area contributed by atoms with E-state index in [9.17, 15) is 8.42 Å². The van der Waals surface area contributed by atoms with Crippen molar-refractivity contribution in [3.05, 3.63) is 91.0 Å². The largest absolute Gasteiger partial charge is 0.453 e. The predicted octanol–water partition coefficient (Wildman–Crippen LogP) is 6.56. The van der Waals surface area contributed by atoms with E-state index in [0.29, 0.717) is 9.79 Å². The first-order chi connectivity index (χ1) is 14.6. The number of para-hydroxylation sites is 4. The number of benzene rings is 4. The van der Waals surface area contributed by atoms with E-state index < -0.39 is 9.84 Å². The van der Waals surface area contributed by atoms with Crippen LogP contribution < -0.4 is 9.64 Å². The average molecular weight is 430 g/mol. The molecule has 6 rings (SSSR count). The summed E-state index contributed by atoms with van der Waals surface area (Å²) in [5.74, 6) is 1.47. The maximum atomic E-state index is 13.4. The monoisotopic (exact) mass is 429 g/mol. The van der Waals surface area contributed by atoms with Crippen molar-refractivity contribution in [3.8, 4) is 11.5 Å². The Kier molecular flexibility index (Phi) is 3.75. The molecule has 2 aliphatic rings. The summed E-state index contributed by atoms with van der Waals surface area (Å²) < 4.78 is 32.8. The Morgan fingerprint density at radius 1 is 0.667 bits per heavy atom. The summed E-state index contributed by atoms with van der Waals surface area (Å²) in [7, 11) is -3.60. The second-order valence-electron chi connectivity index (χ2n) is 7.06. The Hall–Kier alpha value is -3.22. The fraction of sp³-hybridized carbons (Fsp3) is 0. The molecule has 6 heteroatoms. The van der Waals surface area contributed by atoms with Gasteiger partial charge >= 0.3 is 0 Å². The number of hydrogen-bond acceptors (Lipinski definition) is 5. The highest BCUT2D eigenvalue weighted by Crippen LogP contribution is 2.52. The van der Waals surface area contributed by atoms with Crippen molar-refractivity contribution in [2.45, 2.75) is 19.6 Å². The van der Waals surface area contributed by atoms with Crippen LogP contribution in [-0.2, 0) is 9.84 Å². The van der Waals surface area contributed by atoms with E-state index >= 15 is 0 Å². The molecule has 0 bridgehead atoms. The predicted molar refractivity (Wildman–Crippen MR) is 117 cm³/mol. The maximum absolute atomic E-state index is 13.4. The van der Waals surface area contributed by atoms with E-state index in [1.165, 1.54) is 11.8 Å². The van der Waals surface area contributed by atoms with Crippen LogP contribution in [0.5, 0.6) is 11.5 Å². The number of nitrogens with zero attached hydrogens (tertiary/aromatic N) is 1. The lowest BCUT2D eigenvalue weighted by atomic mass is 10.1. The van der Waals surface area contributed by atoms with Gasteiger partial charge in [-0.1, -0.05) is 48.2 Å². The Balaban J connectivity index is 1.57. The number of rotatable bonds is 1. The number of ether oxygens (including phenoxy) is 1. The van der Waals surface area contributed by atoms with E-state index in [-0.39, 0.29) is 0 Å². The van der Waals surface area contributed by atoms with Gasteiger partial charge in [0, 0.05) is 15.5 Å². The Bertz CT molecular complexity index is 1380. The third kappa shape index (κ3) is 2.51. The summed E-state index contributed by atoms with van der Waals surface area (Å²) in [6.07, 6.45) is 0. The smallest absolute Gasteiger partial charge is 0.208 e. The molecular formula is C24H15NO3S2. The van der Waals surface area contributed by atoms with E-state index in [2.05, 4.69) is 4.90 Å². The second-order valence-corrected chi connectivity index (χ2v) is 10.0. The molecule has 4 aromatic carbocycles. The van der Waals surface area contributed by atoms with Gasteiger partial charge in [0.05, 0.1) is 21.2 Å². The van der Waals surface area contributed by atoms with Gasteiger partial charge < -0.3 is 9.64 Å². The minimum absolute atomic E-state index is 0.338. The van der Waals surface area contributed by atoms with Crippen molar-refractivity contribution < 1.29 is 13.2 Å². The van der Waals surface area contributed by atoms with Gasteiger partial charge in [-0.15, -0.1) is 0 Å². The molecule has 2 aliphatic heterocycles. The highest BCUT2D eigenvalue weighted by Gasteiger charge is 2.32. The van der Waals surface area contributed by atoms with Gasteiger partial charge in [0.25, 0.3) is 0 Å². The highest BCUT2D eigenvalue weighted by molar-refractivity contribution is 8.02. The molecule has 0 atom stereocenters. The van der Waals surface area contributed by atoms with Crippen LogP contribution in [-0.4, -0.2) is 8.42 Å². The zero-order valence-electron chi connectivity index (χ0n) is 15.6. The molecule has 146 valence electrons. The van der Waals surface area contributed by atoms with Crippen LogP contribution in [0.15, 0.2) is 111 Å². The van der Waals surface area contributed by atoms with Gasteiger partial charge in [-0.2, -0.15) is 0 Å². The van der Waals surface area contributed by atoms with Crippen molar-refractivity contribution in [2.24, 2.45) is 0 Å². The molecule has 0 unspecified atom stereocenters. The molecule has 2 heterocycles. The third-order valence-corrected chi connectivity index (χ3v) is 8.53. The van der Waals surface area contributed by atoms with Crippen molar-refractivity contribution in [3.63, 3.8) is 0 Å². The summed E-state index contributed by atoms with van der Waals surface area (Å²) in [5.41, 5.74) is 2.52. The lowest BCUT2D eigenvalue weighted by Crippen LogP contribution is -2.17. The van der Waals surface area contributed by atoms with Gasteiger partial charge in [0.2, 0.25) is 9.84 Å². The van der Waals surface area contributed by atoms with Crippen LogP contribution in [0.25, 0.3) is 0 Å². The molecule has 0 radical (unpaired) electrons. The zero-order chi connectivity index (χ0) is 20.3. The Labute approximate surface area is 178 Å². The van der Waals surface area contributed by atoms with Gasteiger partial charge in [0.15, 0.2) is 11.5 Å². The lowest BCUT2D eigenvalue weighted by molar-refractivity contribution is 0.477. The normalized spacial score (nSPS) is 15.3. The fourth-order valence-corrected chi connectivity index (χ4v) is 7.10. The number of hydrogen-bond donors (Lipinski definition) is 0. The van der Waals surface area contributed by atoms with E-state index in [1.54, 1.807) is 18.2 Å². The van der Waals surface area contributed by atoms with Crippen LogP contribution in [0.2, 0.25) is 0 Å². The summed E-state index contributed by atoms with van der Waals surface area (Å²) in [6, 6.07) is 28.3. The average Bonchev–Trinajstić information content (AvgIpc) is 2.77. The molecule has 0 aliphatic carbocycles. The molecule has 0 spiro atoms. The SMILES string of the molecule is O=S1(=O)c2ccccc2Sc2ccc(N3c4ccccc4Oc4ccccc43)cc21. The summed E-state index contributed by atoms with van der Waals surface area (Å²) in [6.45, 7) is 0. The summed E-state index contributed by atoms with van der Waals surface area (Å²) in [5, 5.41) is 0. The summed E-state index contributed by atoms with van der Waals surface area (Å²) in [4.78, 5) is 4.26. The number of fused-ring (bicyclic) bond motifs is 4. The molecule has 0 aromatic heterocycles. The van der Waals surface area contributed by atoms with Crippen molar-refractivity contribution >= 4 is 38.7 Å². The quantitative estimate of drug-likeness (QED) is 0.296. The van der Waals surface area contributed by atoms with Crippen molar-refractivity contribution in [1.29, 1.82) is 0 Å². The number of sulfone groups is 1. The van der Waals surface area contributed by atoms with Crippen LogP contribution in [0.1, 0.15) is 0 Å². The van der Waals surface area contributed by atoms with Crippen LogP contribution >= 0.6 is 11.8 Å². The van der Waals surface area contributed by atoms with Gasteiger partial charge in [0.1, 0.15) is 0 Å². The van der Waals surface area contributed by atoms with E-state index in [1.807, 2.05) is 72.8 Å². The van der Waals surface area contributed by atoms with Crippen LogP contribution in [0, 0.1) is 0 Å². The Morgan fingerprint density at radius 2 is 1.27 bits per heavy atom. The molecular weight excluding hydrogens is 414 g/mol.